The van der Waals surface area contributed by atoms with E-state index in [2.05, 4.69) is 16.3 Å². The molecule has 2 aliphatic rings. The van der Waals surface area contributed by atoms with E-state index in [-0.39, 0.29) is 11.6 Å². The predicted molar refractivity (Wildman–Crippen MR) is 119 cm³/mol. The van der Waals surface area contributed by atoms with Crippen molar-refractivity contribution in [1.29, 1.82) is 5.41 Å². The van der Waals surface area contributed by atoms with E-state index >= 15 is 0 Å². The van der Waals surface area contributed by atoms with Crippen molar-refractivity contribution in [2.45, 2.75) is 25.3 Å². The molecule has 2 N–H and O–H groups in total. The smallest absolute Gasteiger partial charge is 0.255 e. The van der Waals surface area contributed by atoms with Gasteiger partial charge in [-0.1, -0.05) is 36.4 Å². The summed E-state index contributed by atoms with van der Waals surface area (Å²) in [5.41, 5.74) is 3.65. The number of aromatic nitrogens is 1. The van der Waals surface area contributed by atoms with Gasteiger partial charge in [-0.3, -0.25) is 9.36 Å². The summed E-state index contributed by atoms with van der Waals surface area (Å²) in [7, 11) is 0. The lowest BCUT2D eigenvalue weighted by Crippen LogP contribution is -2.38. The van der Waals surface area contributed by atoms with Gasteiger partial charge < -0.3 is 15.6 Å². The first-order valence-electron chi connectivity index (χ1n) is 10.4. The molecule has 0 saturated carbocycles. The largest absolute Gasteiger partial charge is 0.308 e. The van der Waals surface area contributed by atoms with Gasteiger partial charge in [0.25, 0.3) is 5.56 Å². The Bertz CT molecular complexity index is 968. The van der Waals surface area contributed by atoms with Crippen molar-refractivity contribution in [2.75, 3.05) is 26.2 Å². The average Bonchev–Trinajstić information content (AvgIpc) is 3.28. The van der Waals surface area contributed by atoms with E-state index in [1.54, 1.807) is 10.6 Å². The molecule has 1 fully saturated rings. The third-order valence-corrected chi connectivity index (χ3v) is 5.77. The highest BCUT2D eigenvalue weighted by molar-refractivity contribution is 5.83. The number of nitrogens with zero attached hydrogens (tertiary/aromatic N) is 2. The first kappa shape index (κ1) is 19.6. The first-order valence-corrected chi connectivity index (χ1v) is 10.4. The molecule has 0 amide bonds. The first-order chi connectivity index (χ1) is 14.2. The van der Waals surface area contributed by atoms with Crippen LogP contribution in [0.5, 0.6) is 0 Å². The molecule has 4 rings (SSSR count). The number of nitrogens with one attached hydrogen (secondary N) is 2. The highest BCUT2D eigenvalue weighted by atomic mass is 16.1. The van der Waals surface area contributed by atoms with Gasteiger partial charge in [0, 0.05) is 43.3 Å². The lowest BCUT2D eigenvalue weighted by molar-refractivity contribution is 0.331. The summed E-state index contributed by atoms with van der Waals surface area (Å²) in [6, 6.07) is 13.7. The Hall–Kier alpha value is -2.76. The van der Waals surface area contributed by atoms with E-state index in [0.717, 1.165) is 41.9 Å². The normalized spacial score (nSPS) is 19.7. The van der Waals surface area contributed by atoms with Crippen LogP contribution in [-0.4, -0.2) is 47.9 Å². The van der Waals surface area contributed by atoms with Crippen molar-refractivity contribution in [2.24, 2.45) is 0 Å². The molecule has 1 atom stereocenters. The summed E-state index contributed by atoms with van der Waals surface area (Å²) < 4.78 is 1.66. The van der Waals surface area contributed by atoms with Crippen LogP contribution in [0.2, 0.25) is 0 Å². The van der Waals surface area contributed by atoms with Crippen molar-refractivity contribution in [3.8, 4) is 11.1 Å². The number of rotatable bonds is 7. The Labute approximate surface area is 171 Å². The third kappa shape index (κ3) is 4.63. The summed E-state index contributed by atoms with van der Waals surface area (Å²) in [5, 5.41) is 11.4. The molecule has 1 saturated heterocycles. The number of likely N-dealkylation sites (tertiary alicyclic amines) is 1. The molecule has 1 unspecified atom stereocenters. The molecule has 0 spiro atoms. The summed E-state index contributed by atoms with van der Waals surface area (Å²) in [6.07, 6.45) is 10.7. The molecule has 0 radical (unpaired) electrons. The fraction of sp³-hybridized carbons (Fsp3) is 0.333. The summed E-state index contributed by atoms with van der Waals surface area (Å²) in [6.45, 7) is 4.38. The van der Waals surface area contributed by atoms with E-state index in [1.807, 2.05) is 48.7 Å². The van der Waals surface area contributed by atoms with Crippen LogP contribution in [0.4, 0.5) is 0 Å². The predicted octanol–water partition coefficient (Wildman–Crippen LogP) is 3.39. The second-order valence-electron chi connectivity index (χ2n) is 7.70. The van der Waals surface area contributed by atoms with Crippen molar-refractivity contribution in [1.82, 2.24) is 14.8 Å². The van der Waals surface area contributed by atoms with Gasteiger partial charge in [-0.25, -0.2) is 0 Å². The Kier molecular flexibility index (Phi) is 6.17. The second-order valence-corrected chi connectivity index (χ2v) is 7.70. The zero-order chi connectivity index (χ0) is 20.1. The van der Waals surface area contributed by atoms with Crippen molar-refractivity contribution in [3.05, 3.63) is 76.7 Å². The van der Waals surface area contributed by atoms with Crippen LogP contribution in [0.3, 0.4) is 0 Å². The van der Waals surface area contributed by atoms with Gasteiger partial charge in [0.15, 0.2) is 0 Å². The molecular formula is C24H28N4O. The number of benzene rings is 1. The Morgan fingerprint density at radius 2 is 1.90 bits per heavy atom. The van der Waals surface area contributed by atoms with Crippen LogP contribution in [0.25, 0.3) is 16.8 Å². The summed E-state index contributed by atoms with van der Waals surface area (Å²) in [4.78, 5) is 15.2. The lowest BCUT2D eigenvalue weighted by atomic mass is 9.97. The lowest BCUT2D eigenvalue weighted by Gasteiger charge is -2.24. The van der Waals surface area contributed by atoms with E-state index in [9.17, 15) is 4.79 Å². The monoisotopic (exact) mass is 388 g/mol. The van der Waals surface area contributed by atoms with E-state index in [0.29, 0.717) is 0 Å². The van der Waals surface area contributed by atoms with Crippen LogP contribution in [0, 0.1) is 5.41 Å². The van der Waals surface area contributed by atoms with Gasteiger partial charge in [-0.05, 0) is 61.2 Å². The van der Waals surface area contributed by atoms with Gasteiger partial charge >= 0.3 is 0 Å². The second kappa shape index (κ2) is 9.16. The summed E-state index contributed by atoms with van der Waals surface area (Å²) >= 11 is 0. The molecule has 0 bridgehead atoms. The SMILES string of the molecule is N=CC1=CC(n2ccc(-c3ccccc3)cc2=O)=CCC1NCCN1CCCC1. The van der Waals surface area contributed by atoms with Crippen molar-refractivity contribution < 1.29 is 0 Å². The number of allylic oxidation sites excluding steroid dienone is 2. The third-order valence-electron chi connectivity index (χ3n) is 5.77. The van der Waals surface area contributed by atoms with Crippen LogP contribution >= 0.6 is 0 Å². The van der Waals surface area contributed by atoms with Crippen LogP contribution in [0.1, 0.15) is 19.3 Å². The highest BCUT2D eigenvalue weighted by Gasteiger charge is 2.18. The zero-order valence-electron chi connectivity index (χ0n) is 16.7. The molecule has 5 heteroatoms. The molecule has 2 heterocycles. The molecule has 1 aliphatic heterocycles. The maximum absolute atomic E-state index is 12.7. The quantitative estimate of drug-likeness (QED) is 0.715. The van der Waals surface area contributed by atoms with Gasteiger partial charge in [0.1, 0.15) is 0 Å². The van der Waals surface area contributed by atoms with Crippen LogP contribution in [0.15, 0.2) is 71.2 Å². The molecule has 1 aliphatic carbocycles. The number of pyridine rings is 1. The zero-order valence-corrected chi connectivity index (χ0v) is 16.7. The number of hydrogen-bond donors (Lipinski definition) is 2. The van der Waals surface area contributed by atoms with E-state index < -0.39 is 0 Å². The van der Waals surface area contributed by atoms with E-state index in [1.165, 1.54) is 32.1 Å². The molecule has 29 heavy (non-hydrogen) atoms. The maximum Gasteiger partial charge on any atom is 0.255 e. The van der Waals surface area contributed by atoms with Gasteiger partial charge in [-0.2, -0.15) is 0 Å². The van der Waals surface area contributed by atoms with Crippen molar-refractivity contribution in [3.63, 3.8) is 0 Å². The van der Waals surface area contributed by atoms with Gasteiger partial charge in [0.2, 0.25) is 0 Å². The highest BCUT2D eigenvalue weighted by Crippen LogP contribution is 2.21. The van der Waals surface area contributed by atoms with Gasteiger partial charge in [0.05, 0.1) is 0 Å². The minimum Gasteiger partial charge on any atom is -0.308 e. The maximum atomic E-state index is 12.7. The van der Waals surface area contributed by atoms with E-state index in [4.69, 9.17) is 5.41 Å². The van der Waals surface area contributed by atoms with Gasteiger partial charge in [-0.15, -0.1) is 0 Å². The topological polar surface area (TPSA) is 61.1 Å². The summed E-state index contributed by atoms with van der Waals surface area (Å²) in [5.74, 6) is 0. The average molecular weight is 389 g/mol. The van der Waals surface area contributed by atoms with Crippen LogP contribution in [-0.2, 0) is 0 Å². The van der Waals surface area contributed by atoms with Crippen molar-refractivity contribution >= 4 is 11.9 Å². The molecule has 1 aromatic heterocycles. The number of hydrogen-bond acceptors (Lipinski definition) is 4. The Morgan fingerprint density at radius 3 is 2.62 bits per heavy atom. The minimum absolute atomic E-state index is 0.0568. The Morgan fingerprint density at radius 1 is 1.10 bits per heavy atom. The molecule has 150 valence electrons. The fourth-order valence-corrected chi connectivity index (χ4v) is 4.12. The molecule has 1 aromatic carbocycles. The fourth-order valence-electron chi connectivity index (χ4n) is 4.12. The molecule has 5 nitrogen and oxygen atoms in total. The molecule has 2 aromatic rings. The molecular weight excluding hydrogens is 360 g/mol. The van der Waals surface area contributed by atoms with Crippen LogP contribution < -0.4 is 10.9 Å². The minimum atomic E-state index is -0.0568. The Balaban J connectivity index is 1.45. The standard InChI is InChI=1S/C24H28N4O/c25-18-21-16-22(8-9-23(21)26-11-15-27-12-4-5-13-27)28-14-10-20(17-24(28)29)19-6-2-1-3-7-19/h1-3,6-8,10,14,16-18,23,25-26H,4-5,9,11-13,15H2.